The number of anilines is 1. The average molecular weight is 291 g/mol. The van der Waals surface area contributed by atoms with Crippen LogP contribution in [-0.2, 0) is 4.79 Å². The van der Waals surface area contributed by atoms with E-state index in [-0.39, 0.29) is 36.2 Å². The van der Waals surface area contributed by atoms with E-state index < -0.39 is 4.92 Å². The topological polar surface area (TPSA) is 121 Å². The Morgan fingerprint density at radius 3 is 3.00 bits per heavy atom. The van der Waals surface area contributed by atoms with Crippen LogP contribution in [0.1, 0.15) is 6.42 Å². The van der Waals surface area contributed by atoms with Crippen molar-refractivity contribution >= 4 is 17.3 Å². The van der Waals surface area contributed by atoms with Gasteiger partial charge in [0.15, 0.2) is 0 Å². The zero-order valence-electron chi connectivity index (χ0n) is 11.3. The van der Waals surface area contributed by atoms with Crippen LogP contribution >= 0.6 is 0 Å². The van der Waals surface area contributed by atoms with E-state index in [0.717, 1.165) is 0 Å². The van der Waals surface area contributed by atoms with Crippen molar-refractivity contribution in [3.05, 3.63) is 38.8 Å². The van der Waals surface area contributed by atoms with Crippen LogP contribution < -0.4 is 9.64 Å². The summed E-state index contributed by atoms with van der Waals surface area (Å²) in [6, 6.07) is 4.10. The predicted molar refractivity (Wildman–Crippen MR) is 74.1 cm³/mol. The summed E-state index contributed by atoms with van der Waals surface area (Å²) in [4.78, 5) is 26.5. The Bertz CT molecular complexity index is 626. The minimum atomic E-state index is -0.525. The first-order valence-electron chi connectivity index (χ1n) is 6.20. The van der Waals surface area contributed by atoms with E-state index in [0.29, 0.717) is 12.2 Å². The second kappa shape index (κ2) is 6.10. The largest absolute Gasteiger partial charge is 0.494 e. The van der Waals surface area contributed by atoms with Crippen molar-refractivity contribution in [3.8, 4) is 5.75 Å². The lowest BCUT2D eigenvalue weighted by Crippen LogP contribution is -2.25. The van der Waals surface area contributed by atoms with Gasteiger partial charge < -0.3 is 9.64 Å². The van der Waals surface area contributed by atoms with Gasteiger partial charge in [-0.3, -0.25) is 14.9 Å². The Kier molecular flexibility index (Phi) is 4.24. The molecule has 1 unspecified atom stereocenters. The summed E-state index contributed by atoms with van der Waals surface area (Å²) in [6.07, 6.45) is 0.277. The zero-order valence-corrected chi connectivity index (χ0v) is 11.3. The third-order valence-corrected chi connectivity index (χ3v) is 3.27. The number of nitro benzene ring substituents is 1. The maximum Gasteiger partial charge on any atom is 0.273 e. The standard InChI is InChI=1S/C12H13N5O4/c1-21-11-5-9(17(19)20)2-3-10(11)16-7-8(4-12(16)18)6-14-15-13/h2-3,5,8H,4,6-7H2,1H3. The van der Waals surface area contributed by atoms with E-state index in [4.69, 9.17) is 10.3 Å². The van der Waals surface area contributed by atoms with Crippen LogP contribution in [-0.4, -0.2) is 31.0 Å². The number of azide groups is 1. The zero-order chi connectivity index (χ0) is 15.4. The van der Waals surface area contributed by atoms with E-state index in [1.807, 2.05) is 0 Å². The van der Waals surface area contributed by atoms with Gasteiger partial charge >= 0.3 is 0 Å². The van der Waals surface area contributed by atoms with Crippen molar-refractivity contribution in [1.29, 1.82) is 0 Å². The summed E-state index contributed by atoms with van der Waals surface area (Å²) in [6.45, 7) is 0.639. The molecule has 0 aromatic heterocycles. The maximum absolute atomic E-state index is 12.0. The van der Waals surface area contributed by atoms with Crippen molar-refractivity contribution in [2.45, 2.75) is 6.42 Å². The van der Waals surface area contributed by atoms with Crippen LogP contribution in [0.3, 0.4) is 0 Å². The van der Waals surface area contributed by atoms with E-state index in [1.54, 1.807) is 0 Å². The van der Waals surface area contributed by atoms with Crippen LogP contribution in [0.2, 0.25) is 0 Å². The molecule has 1 aliphatic rings. The van der Waals surface area contributed by atoms with Gasteiger partial charge in [0.1, 0.15) is 5.75 Å². The molecule has 1 aromatic carbocycles. The highest BCUT2D eigenvalue weighted by Gasteiger charge is 2.32. The molecule has 21 heavy (non-hydrogen) atoms. The van der Waals surface area contributed by atoms with E-state index >= 15 is 0 Å². The minimum absolute atomic E-state index is 0.0618. The van der Waals surface area contributed by atoms with Crippen molar-refractivity contribution < 1.29 is 14.5 Å². The summed E-state index contributed by atoms with van der Waals surface area (Å²) in [7, 11) is 1.39. The summed E-state index contributed by atoms with van der Waals surface area (Å²) >= 11 is 0. The number of amides is 1. The molecule has 0 spiro atoms. The molecule has 1 fully saturated rings. The smallest absolute Gasteiger partial charge is 0.273 e. The highest BCUT2D eigenvalue weighted by molar-refractivity contribution is 5.97. The second-order valence-corrected chi connectivity index (χ2v) is 4.60. The lowest BCUT2D eigenvalue weighted by molar-refractivity contribution is -0.384. The first kappa shape index (κ1) is 14.6. The number of non-ortho nitro benzene ring substituents is 1. The predicted octanol–water partition coefficient (Wildman–Crippen LogP) is 2.27. The number of hydrogen-bond donors (Lipinski definition) is 0. The van der Waals surface area contributed by atoms with Crippen LogP contribution in [0.25, 0.3) is 10.4 Å². The summed E-state index contributed by atoms with van der Waals surface area (Å²) < 4.78 is 5.13. The summed E-state index contributed by atoms with van der Waals surface area (Å²) in [5.74, 6) is 0.0792. The fraction of sp³-hybridized carbons (Fsp3) is 0.417. The summed E-state index contributed by atoms with van der Waals surface area (Å²) in [5, 5.41) is 14.2. The lowest BCUT2D eigenvalue weighted by Gasteiger charge is -2.19. The molecule has 0 N–H and O–H groups in total. The van der Waals surface area contributed by atoms with Crippen molar-refractivity contribution in [2.75, 3.05) is 25.1 Å². The molecular formula is C12H13N5O4. The molecule has 1 saturated heterocycles. The van der Waals surface area contributed by atoms with Crippen LogP contribution in [0.5, 0.6) is 5.75 Å². The number of carbonyl (C=O) groups excluding carboxylic acids is 1. The third-order valence-electron chi connectivity index (χ3n) is 3.27. The van der Waals surface area contributed by atoms with Crippen LogP contribution in [0.15, 0.2) is 23.3 Å². The van der Waals surface area contributed by atoms with Gasteiger partial charge in [-0.2, -0.15) is 0 Å². The number of methoxy groups -OCH3 is 1. The molecule has 1 aromatic rings. The highest BCUT2D eigenvalue weighted by Crippen LogP contribution is 2.35. The van der Waals surface area contributed by atoms with E-state index in [9.17, 15) is 14.9 Å². The molecule has 0 bridgehead atoms. The Labute approximate surface area is 119 Å². The minimum Gasteiger partial charge on any atom is -0.494 e. The van der Waals surface area contributed by atoms with Gasteiger partial charge in [-0.05, 0) is 17.5 Å². The number of nitro groups is 1. The molecule has 110 valence electrons. The number of hydrogen-bond acceptors (Lipinski definition) is 5. The van der Waals surface area contributed by atoms with Gasteiger partial charge in [0.25, 0.3) is 5.69 Å². The molecule has 0 radical (unpaired) electrons. The Morgan fingerprint density at radius 1 is 1.62 bits per heavy atom. The Morgan fingerprint density at radius 2 is 2.38 bits per heavy atom. The summed E-state index contributed by atoms with van der Waals surface area (Å²) in [5.41, 5.74) is 8.70. The van der Waals surface area contributed by atoms with Crippen LogP contribution in [0.4, 0.5) is 11.4 Å². The molecule has 0 aliphatic carbocycles. The van der Waals surface area contributed by atoms with Gasteiger partial charge in [-0.15, -0.1) is 0 Å². The number of ether oxygens (including phenoxy) is 1. The van der Waals surface area contributed by atoms with Crippen molar-refractivity contribution in [1.82, 2.24) is 0 Å². The first-order valence-corrected chi connectivity index (χ1v) is 6.20. The quantitative estimate of drug-likeness (QED) is 0.271. The molecule has 1 amide bonds. The van der Waals surface area contributed by atoms with Crippen LogP contribution in [0, 0.1) is 16.0 Å². The maximum atomic E-state index is 12.0. The third kappa shape index (κ3) is 3.03. The van der Waals surface area contributed by atoms with Gasteiger partial charge in [0.05, 0.1) is 23.8 Å². The Balaban J connectivity index is 2.27. The molecule has 0 saturated carbocycles. The first-order chi connectivity index (χ1) is 10.1. The average Bonchev–Trinajstić information content (AvgIpc) is 2.85. The lowest BCUT2D eigenvalue weighted by atomic mass is 10.1. The highest BCUT2D eigenvalue weighted by atomic mass is 16.6. The fourth-order valence-electron chi connectivity index (χ4n) is 2.29. The normalized spacial score (nSPS) is 17.5. The van der Waals surface area contributed by atoms with Gasteiger partial charge in [0, 0.05) is 30.5 Å². The van der Waals surface area contributed by atoms with E-state index in [2.05, 4.69) is 10.0 Å². The number of nitrogens with zero attached hydrogens (tertiary/aromatic N) is 5. The Hall–Kier alpha value is -2.80. The van der Waals surface area contributed by atoms with E-state index in [1.165, 1.54) is 30.2 Å². The van der Waals surface area contributed by atoms with Gasteiger partial charge in [-0.25, -0.2) is 0 Å². The molecule has 1 atom stereocenters. The molecule has 1 aliphatic heterocycles. The van der Waals surface area contributed by atoms with Crippen molar-refractivity contribution in [2.24, 2.45) is 11.0 Å². The molecule has 2 rings (SSSR count). The SMILES string of the molecule is COc1cc([N+](=O)[O-])ccc1N1CC(CN=[N+]=[N-])CC1=O. The van der Waals surface area contributed by atoms with Gasteiger partial charge in [0.2, 0.25) is 5.91 Å². The molecular weight excluding hydrogens is 278 g/mol. The van der Waals surface area contributed by atoms with Gasteiger partial charge in [-0.1, -0.05) is 5.11 Å². The second-order valence-electron chi connectivity index (χ2n) is 4.60. The number of carbonyl (C=O) groups is 1. The monoisotopic (exact) mass is 291 g/mol. The fourth-order valence-corrected chi connectivity index (χ4v) is 2.29. The molecule has 9 heteroatoms. The molecule has 1 heterocycles. The number of rotatable bonds is 5. The molecule has 9 nitrogen and oxygen atoms in total. The number of benzene rings is 1. The van der Waals surface area contributed by atoms with Crippen molar-refractivity contribution in [3.63, 3.8) is 0 Å².